The zero-order valence-corrected chi connectivity index (χ0v) is 10.8. The van der Waals surface area contributed by atoms with Crippen LogP contribution in [-0.4, -0.2) is 48.6 Å². The molecule has 0 saturated carbocycles. The van der Waals surface area contributed by atoms with Gasteiger partial charge in [-0.05, 0) is 12.8 Å². The topological polar surface area (TPSA) is 78.8 Å². The molecule has 0 heterocycles. The standard InChI is InChI=1S/C12H23NO4/c1-4-10(11(16)17-3)6-7-13-12(5-2,8-14)9-15/h6,13-15H,4-5,7-9H2,1-3H3. The van der Waals surface area contributed by atoms with Crippen LogP contribution in [0.5, 0.6) is 0 Å². The van der Waals surface area contributed by atoms with Crippen LogP contribution in [0, 0.1) is 0 Å². The van der Waals surface area contributed by atoms with Crippen LogP contribution in [0.1, 0.15) is 26.7 Å². The van der Waals surface area contributed by atoms with Gasteiger partial charge in [0, 0.05) is 12.1 Å². The number of nitrogens with one attached hydrogen (secondary N) is 1. The monoisotopic (exact) mass is 245 g/mol. The van der Waals surface area contributed by atoms with E-state index >= 15 is 0 Å². The molecule has 0 radical (unpaired) electrons. The summed E-state index contributed by atoms with van der Waals surface area (Å²) in [6, 6.07) is 0. The third-order valence-electron chi connectivity index (χ3n) is 2.94. The van der Waals surface area contributed by atoms with Crippen molar-refractivity contribution in [3.8, 4) is 0 Å². The van der Waals surface area contributed by atoms with E-state index < -0.39 is 5.54 Å². The quantitative estimate of drug-likeness (QED) is 0.421. The Morgan fingerprint density at radius 3 is 2.29 bits per heavy atom. The molecule has 0 bridgehead atoms. The highest BCUT2D eigenvalue weighted by molar-refractivity contribution is 5.88. The molecule has 0 spiro atoms. The van der Waals surface area contributed by atoms with Gasteiger partial charge in [-0.2, -0.15) is 0 Å². The molecule has 5 nitrogen and oxygen atoms in total. The predicted molar refractivity (Wildman–Crippen MR) is 65.6 cm³/mol. The number of carbonyl (C=O) groups is 1. The van der Waals surface area contributed by atoms with E-state index in [1.807, 2.05) is 13.8 Å². The Bertz CT molecular complexity index is 251. The van der Waals surface area contributed by atoms with Crippen molar-refractivity contribution in [1.82, 2.24) is 5.32 Å². The van der Waals surface area contributed by atoms with Gasteiger partial charge in [-0.15, -0.1) is 0 Å². The van der Waals surface area contributed by atoms with E-state index in [2.05, 4.69) is 10.1 Å². The lowest BCUT2D eigenvalue weighted by Crippen LogP contribution is -2.51. The van der Waals surface area contributed by atoms with Gasteiger partial charge in [-0.1, -0.05) is 19.9 Å². The Balaban J connectivity index is 4.44. The van der Waals surface area contributed by atoms with Gasteiger partial charge in [-0.25, -0.2) is 4.79 Å². The summed E-state index contributed by atoms with van der Waals surface area (Å²) in [5.41, 5.74) is -0.105. The number of aliphatic hydroxyl groups excluding tert-OH is 2. The molecule has 0 rings (SSSR count). The minimum Gasteiger partial charge on any atom is -0.466 e. The number of methoxy groups -OCH3 is 1. The molecule has 5 heteroatoms. The van der Waals surface area contributed by atoms with Gasteiger partial charge in [0.05, 0.1) is 25.9 Å². The van der Waals surface area contributed by atoms with E-state index in [-0.39, 0.29) is 19.2 Å². The smallest absolute Gasteiger partial charge is 0.333 e. The normalized spacial score (nSPS) is 12.6. The number of hydrogen-bond donors (Lipinski definition) is 3. The molecule has 0 amide bonds. The molecule has 0 aliphatic heterocycles. The fourth-order valence-corrected chi connectivity index (χ4v) is 1.40. The first-order valence-corrected chi connectivity index (χ1v) is 5.83. The van der Waals surface area contributed by atoms with Crippen molar-refractivity contribution in [3.63, 3.8) is 0 Å². The maximum Gasteiger partial charge on any atom is 0.333 e. The van der Waals surface area contributed by atoms with Gasteiger partial charge < -0.3 is 20.3 Å². The Kier molecular flexibility index (Phi) is 7.78. The average Bonchev–Trinajstić information content (AvgIpc) is 2.39. The van der Waals surface area contributed by atoms with Crippen molar-refractivity contribution in [2.45, 2.75) is 32.2 Å². The maximum absolute atomic E-state index is 11.3. The number of rotatable bonds is 8. The highest BCUT2D eigenvalue weighted by Gasteiger charge is 2.25. The molecule has 100 valence electrons. The van der Waals surface area contributed by atoms with Crippen LogP contribution in [0.2, 0.25) is 0 Å². The summed E-state index contributed by atoms with van der Waals surface area (Å²) in [4.78, 5) is 11.3. The summed E-state index contributed by atoms with van der Waals surface area (Å²) in [5.74, 6) is -0.343. The van der Waals surface area contributed by atoms with E-state index in [1.54, 1.807) is 6.08 Å². The van der Waals surface area contributed by atoms with Crippen molar-refractivity contribution < 1.29 is 19.7 Å². The number of carbonyl (C=O) groups excluding carboxylic acids is 1. The molecule has 0 aromatic rings. The van der Waals surface area contributed by atoms with Gasteiger partial charge in [-0.3, -0.25) is 0 Å². The first kappa shape index (κ1) is 16.1. The van der Waals surface area contributed by atoms with Crippen molar-refractivity contribution in [1.29, 1.82) is 0 Å². The molecule has 3 N–H and O–H groups in total. The molecule has 0 aliphatic carbocycles. The summed E-state index contributed by atoms with van der Waals surface area (Å²) in [7, 11) is 1.34. The molecular formula is C12H23NO4. The summed E-state index contributed by atoms with van der Waals surface area (Å²) in [5, 5.41) is 21.5. The second-order valence-electron chi connectivity index (χ2n) is 3.91. The summed E-state index contributed by atoms with van der Waals surface area (Å²) in [6.45, 7) is 3.87. The first-order valence-electron chi connectivity index (χ1n) is 5.83. The van der Waals surface area contributed by atoms with Gasteiger partial charge >= 0.3 is 5.97 Å². The zero-order chi connectivity index (χ0) is 13.3. The van der Waals surface area contributed by atoms with Crippen LogP contribution in [0.3, 0.4) is 0 Å². The first-order chi connectivity index (χ1) is 8.09. The van der Waals surface area contributed by atoms with Crippen LogP contribution < -0.4 is 5.32 Å². The summed E-state index contributed by atoms with van der Waals surface area (Å²) < 4.78 is 4.63. The molecule has 0 fully saturated rings. The second-order valence-corrected chi connectivity index (χ2v) is 3.91. The van der Waals surface area contributed by atoms with E-state index in [1.165, 1.54) is 7.11 Å². The molecule has 17 heavy (non-hydrogen) atoms. The maximum atomic E-state index is 11.3. The number of hydrogen-bond acceptors (Lipinski definition) is 5. The molecule has 0 aliphatic rings. The van der Waals surface area contributed by atoms with Crippen molar-refractivity contribution in [2.75, 3.05) is 26.9 Å². The van der Waals surface area contributed by atoms with E-state index in [0.29, 0.717) is 25.0 Å². The van der Waals surface area contributed by atoms with Gasteiger partial charge in [0.2, 0.25) is 0 Å². The van der Waals surface area contributed by atoms with E-state index in [4.69, 9.17) is 0 Å². The average molecular weight is 245 g/mol. The van der Waals surface area contributed by atoms with Crippen LogP contribution in [-0.2, 0) is 9.53 Å². The molecular weight excluding hydrogens is 222 g/mol. The highest BCUT2D eigenvalue weighted by atomic mass is 16.5. The summed E-state index contributed by atoms with van der Waals surface area (Å²) in [6.07, 6.45) is 2.92. The van der Waals surface area contributed by atoms with Crippen molar-refractivity contribution in [3.05, 3.63) is 11.6 Å². The van der Waals surface area contributed by atoms with Gasteiger partial charge in [0.1, 0.15) is 0 Å². The van der Waals surface area contributed by atoms with Gasteiger partial charge in [0.15, 0.2) is 0 Å². The highest BCUT2D eigenvalue weighted by Crippen LogP contribution is 2.08. The Hall–Kier alpha value is -0.910. The Morgan fingerprint density at radius 2 is 1.94 bits per heavy atom. The third kappa shape index (κ3) is 4.85. The zero-order valence-electron chi connectivity index (χ0n) is 10.8. The van der Waals surface area contributed by atoms with Crippen molar-refractivity contribution >= 4 is 5.97 Å². The van der Waals surface area contributed by atoms with Crippen LogP contribution >= 0.6 is 0 Å². The Labute approximate surface area is 102 Å². The van der Waals surface area contributed by atoms with Gasteiger partial charge in [0.25, 0.3) is 0 Å². The largest absolute Gasteiger partial charge is 0.466 e. The molecule has 0 aromatic carbocycles. The van der Waals surface area contributed by atoms with E-state index in [9.17, 15) is 15.0 Å². The predicted octanol–water partition coefficient (Wildman–Crippen LogP) is 0.219. The van der Waals surface area contributed by atoms with Crippen LogP contribution in [0.15, 0.2) is 11.6 Å². The molecule has 0 atom stereocenters. The van der Waals surface area contributed by atoms with Crippen LogP contribution in [0.4, 0.5) is 0 Å². The minimum absolute atomic E-state index is 0.145. The SMILES string of the molecule is CCC(=CCNC(CC)(CO)CO)C(=O)OC. The number of esters is 1. The second kappa shape index (κ2) is 8.22. The third-order valence-corrected chi connectivity index (χ3v) is 2.94. The fourth-order valence-electron chi connectivity index (χ4n) is 1.40. The van der Waals surface area contributed by atoms with E-state index in [0.717, 1.165) is 0 Å². The lowest BCUT2D eigenvalue weighted by molar-refractivity contribution is -0.136. The summed E-state index contributed by atoms with van der Waals surface area (Å²) >= 11 is 0. The molecule has 0 unspecified atom stereocenters. The fraction of sp³-hybridized carbons (Fsp3) is 0.750. The molecule has 0 saturated heterocycles. The van der Waals surface area contributed by atoms with Crippen molar-refractivity contribution in [2.24, 2.45) is 0 Å². The minimum atomic E-state index is -0.689. The molecule has 0 aromatic heterocycles. The number of aliphatic hydroxyl groups is 2. The lowest BCUT2D eigenvalue weighted by atomic mass is 9.98. The Morgan fingerprint density at radius 1 is 1.35 bits per heavy atom. The van der Waals surface area contributed by atoms with Crippen LogP contribution in [0.25, 0.3) is 0 Å². The lowest BCUT2D eigenvalue weighted by Gasteiger charge is -2.29. The number of ether oxygens (including phenoxy) is 1.